The molecule has 1 heterocycles. The third kappa shape index (κ3) is 5.70. The minimum atomic E-state index is -3.71. The number of halogens is 1. The summed E-state index contributed by atoms with van der Waals surface area (Å²) in [7, 11) is -3.71. The minimum Gasteiger partial charge on any atom is -0.325 e. The first-order chi connectivity index (χ1) is 12.9. The highest BCUT2D eigenvalue weighted by Gasteiger charge is 2.15. The zero-order valence-electron chi connectivity index (χ0n) is 13.8. The molecule has 6 nitrogen and oxygen atoms in total. The van der Waals surface area contributed by atoms with Crippen LogP contribution >= 0.6 is 34.7 Å². The van der Waals surface area contributed by atoms with E-state index in [0.29, 0.717) is 15.8 Å². The number of aromatic nitrogens is 1. The fraction of sp³-hybridized carbons (Fsp3) is 0.0588. The third-order valence-electron chi connectivity index (χ3n) is 3.29. The number of hydrogen-bond donors (Lipinski definition) is 2. The van der Waals surface area contributed by atoms with Crippen molar-refractivity contribution in [3.05, 3.63) is 65.1 Å². The Kier molecular flexibility index (Phi) is 6.38. The fourth-order valence-corrected chi connectivity index (χ4v) is 4.66. The number of amides is 1. The van der Waals surface area contributed by atoms with Crippen molar-refractivity contribution in [3.8, 4) is 0 Å². The smallest absolute Gasteiger partial charge is 0.263 e. The molecule has 0 bridgehead atoms. The number of thiazole rings is 1. The van der Waals surface area contributed by atoms with Crippen molar-refractivity contribution < 1.29 is 13.2 Å². The van der Waals surface area contributed by atoms with Crippen LogP contribution in [0.15, 0.2) is 69.9 Å². The second-order valence-corrected chi connectivity index (χ2v) is 9.32. The molecular weight excluding hydrogens is 426 g/mol. The van der Waals surface area contributed by atoms with Gasteiger partial charge in [-0.3, -0.25) is 9.52 Å². The SMILES string of the molecule is O=C(CSc1ccc(Cl)cc1)Nc1ccc(S(=O)(=O)Nc2nccs2)cc1. The van der Waals surface area contributed by atoms with Gasteiger partial charge in [-0.25, -0.2) is 13.4 Å². The number of benzene rings is 2. The number of carbonyl (C=O) groups is 1. The quantitative estimate of drug-likeness (QED) is 0.535. The van der Waals surface area contributed by atoms with E-state index in [1.807, 2.05) is 12.1 Å². The standard InChI is InChI=1S/C17H14ClN3O3S3/c18-12-1-5-14(6-2-12)26-11-16(22)20-13-3-7-15(8-4-13)27(23,24)21-17-19-9-10-25-17/h1-10H,11H2,(H,19,21)(H,20,22). The van der Waals surface area contributed by atoms with Gasteiger partial charge < -0.3 is 5.32 Å². The molecular formula is C17H14ClN3O3S3. The van der Waals surface area contributed by atoms with Crippen LogP contribution in [-0.4, -0.2) is 25.1 Å². The molecule has 0 saturated heterocycles. The van der Waals surface area contributed by atoms with Crippen LogP contribution in [0.1, 0.15) is 0 Å². The second kappa shape index (κ2) is 8.75. The molecule has 0 fully saturated rings. The van der Waals surface area contributed by atoms with Crippen LogP contribution in [0.25, 0.3) is 0 Å². The molecule has 0 atom stereocenters. The Hall–Kier alpha value is -2.07. The summed E-state index contributed by atoms with van der Waals surface area (Å²) in [6.45, 7) is 0. The number of thioether (sulfide) groups is 1. The molecule has 0 aliphatic heterocycles. The van der Waals surface area contributed by atoms with E-state index in [9.17, 15) is 13.2 Å². The van der Waals surface area contributed by atoms with E-state index in [0.717, 1.165) is 4.90 Å². The lowest BCUT2D eigenvalue weighted by molar-refractivity contribution is -0.113. The van der Waals surface area contributed by atoms with Crippen molar-refractivity contribution in [2.24, 2.45) is 0 Å². The van der Waals surface area contributed by atoms with Crippen molar-refractivity contribution in [3.63, 3.8) is 0 Å². The van der Waals surface area contributed by atoms with E-state index in [2.05, 4.69) is 15.0 Å². The first-order valence-electron chi connectivity index (χ1n) is 7.63. The van der Waals surface area contributed by atoms with Crippen LogP contribution in [0.4, 0.5) is 10.8 Å². The molecule has 140 valence electrons. The molecule has 3 rings (SSSR count). The first kappa shape index (κ1) is 19.7. The Labute approximate surface area is 170 Å². The lowest BCUT2D eigenvalue weighted by Gasteiger charge is -2.08. The van der Waals surface area contributed by atoms with Gasteiger partial charge >= 0.3 is 0 Å². The molecule has 0 aliphatic carbocycles. The van der Waals surface area contributed by atoms with E-state index in [-0.39, 0.29) is 16.6 Å². The monoisotopic (exact) mass is 439 g/mol. The van der Waals surface area contributed by atoms with Crippen molar-refractivity contribution in [2.45, 2.75) is 9.79 Å². The van der Waals surface area contributed by atoms with E-state index >= 15 is 0 Å². The molecule has 27 heavy (non-hydrogen) atoms. The molecule has 0 spiro atoms. The van der Waals surface area contributed by atoms with Gasteiger partial charge in [0.25, 0.3) is 10.0 Å². The van der Waals surface area contributed by atoms with E-state index < -0.39 is 10.0 Å². The number of carbonyl (C=O) groups excluding carboxylic acids is 1. The largest absolute Gasteiger partial charge is 0.325 e. The predicted molar refractivity (Wildman–Crippen MR) is 110 cm³/mol. The third-order valence-corrected chi connectivity index (χ3v) is 6.72. The van der Waals surface area contributed by atoms with Crippen molar-refractivity contribution in [2.75, 3.05) is 15.8 Å². The topological polar surface area (TPSA) is 88.2 Å². The fourth-order valence-electron chi connectivity index (χ4n) is 2.04. The van der Waals surface area contributed by atoms with E-state index in [4.69, 9.17) is 11.6 Å². The van der Waals surface area contributed by atoms with Crippen molar-refractivity contribution in [1.82, 2.24) is 4.98 Å². The number of nitrogens with zero attached hydrogens (tertiary/aromatic N) is 1. The number of anilines is 2. The lowest BCUT2D eigenvalue weighted by atomic mass is 10.3. The van der Waals surface area contributed by atoms with Gasteiger partial charge in [-0.2, -0.15) is 0 Å². The highest BCUT2D eigenvalue weighted by Crippen LogP contribution is 2.22. The molecule has 1 amide bonds. The van der Waals surface area contributed by atoms with Gasteiger partial charge in [0, 0.05) is 27.2 Å². The maximum Gasteiger partial charge on any atom is 0.263 e. The Balaban J connectivity index is 1.56. The van der Waals surface area contributed by atoms with Gasteiger partial charge in [-0.05, 0) is 48.5 Å². The van der Waals surface area contributed by atoms with Crippen molar-refractivity contribution in [1.29, 1.82) is 0 Å². The zero-order chi connectivity index (χ0) is 19.3. The van der Waals surface area contributed by atoms with Gasteiger partial charge in [0.2, 0.25) is 5.91 Å². The Bertz CT molecular complexity index is 1010. The summed E-state index contributed by atoms with van der Waals surface area (Å²) in [6.07, 6.45) is 1.52. The summed E-state index contributed by atoms with van der Waals surface area (Å²) in [5, 5.41) is 5.36. The highest BCUT2D eigenvalue weighted by atomic mass is 35.5. The van der Waals surface area contributed by atoms with Crippen LogP contribution < -0.4 is 10.0 Å². The number of rotatable bonds is 7. The van der Waals surface area contributed by atoms with E-state index in [1.54, 1.807) is 29.6 Å². The molecule has 2 N–H and O–H groups in total. The van der Waals surface area contributed by atoms with E-state index in [1.165, 1.54) is 41.4 Å². The molecule has 0 radical (unpaired) electrons. The predicted octanol–water partition coefficient (Wildman–Crippen LogP) is 4.33. The molecule has 2 aromatic carbocycles. The maximum absolute atomic E-state index is 12.3. The highest BCUT2D eigenvalue weighted by molar-refractivity contribution is 8.00. The molecule has 1 aromatic heterocycles. The van der Waals surface area contributed by atoms with Gasteiger partial charge in [-0.15, -0.1) is 23.1 Å². The lowest BCUT2D eigenvalue weighted by Crippen LogP contribution is -2.15. The summed E-state index contributed by atoms with van der Waals surface area (Å²) in [4.78, 5) is 17.0. The molecule has 3 aromatic rings. The zero-order valence-corrected chi connectivity index (χ0v) is 17.0. The normalized spacial score (nSPS) is 11.1. The van der Waals surface area contributed by atoms with Crippen LogP contribution in [-0.2, 0) is 14.8 Å². The van der Waals surface area contributed by atoms with Crippen LogP contribution in [0, 0.1) is 0 Å². The molecule has 0 aliphatic rings. The van der Waals surface area contributed by atoms with Gasteiger partial charge in [0.15, 0.2) is 5.13 Å². The van der Waals surface area contributed by atoms with Crippen LogP contribution in [0.3, 0.4) is 0 Å². The Morgan fingerprint density at radius 2 is 1.81 bits per heavy atom. The summed E-state index contributed by atoms with van der Waals surface area (Å²) in [5.74, 6) is 0.0410. The van der Waals surface area contributed by atoms with Crippen LogP contribution in [0.5, 0.6) is 0 Å². The van der Waals surface area contributed by atoms with Gasteiger partial charge in [0.05, 0.1) is 10.6 Å². The average molecular weight is 440 g/mol. The van der Waals surface area contributed by atoms with Gasteiger partial charge in [-0.1, -0.05) is 11.6 Å². The summed E-state index contributed by atoms with van der Waals surface area (Å²) in [6, 6.07) is 13.2. The Morgan fingerprint density at radius 1 is 1.11 bits per heavy atom. The second-order valence-electron chi connectivity index (χ2n) is 5.26. The van der Waals surface area contributed by atoms with Crippen molar-refractivity contribution >= 4 is 61.4 Å². The number of sulfonamides is 1. The summed E-state index contributed by atoms with van der Waals surface area (Å²) in [5.41, 5.74) is 0.518. The van der Waals surface area contributed by atoms with Gasteiger partial charge in [0.1, 0.15) is 0 Å². The summed E-state index contributed by atoms with van der Waals surface area (Å²) >= 11 is 8.40. The first-order valence-corrected chi connectivity index (χ1v) is 11.4. The van der Waals surface area contributed by atoms with Crippen LogP contribution in [0.2, 0.25) is 5.02 Å². The summed E-state index contributed by atoms with van der Waals surface area (Å²) < 4.78 is 26.9. The average Bonchev–Trinajstić information content (AvgIpc) is 3.14. The number of hydrogen-bond acceptors (Lipinski definition) is 6. The maximum atomic E-state index is 12.3. The minimum absolute atomic E-state index is 0.0891. The number of nitrogens with one attached hydrogen (secondary N) is 2. The molecule has 10 heteroatoms. The molecule has 0 saturated carbocycles. The molecule has 0 unspecified atom stereocenters. The Morgan fingerprint density at radius 3 is 2.44 bits per heavy atom.